The summed E-state index contributed by atoms with van der Waals surface area (Å²) < 4.78 is 6.52. The first kappa shape index (κ1) is 18.5. The fraction of sp³-hybridized carbons (Fsp3) is 0.200. The maximum atomic E-state index is 13.5. The Morgan fingerprint density at radius 3 is 2.81 bits per heavy atom. The molecular weight excluding hydrogens is 410 g/mol. The van der Waals surface area contributed by atoms with Crippen molar-refractivity contribution in [1.29, 1.82) is 0 Å². The molecule has 2 atom stereocenters. The first-order valence-electron chi connectivity index (χ1n) is 10.5. The summed E-state index contributed by atoms with van der Waals surface area (Å²) in [6.07, 6.45) is 1.53. The zero-order valence-corrected chi connectivity index (χ0v) is 17.7. The molecule has 0 unspecified atom stereocenters. The van der Waals surface area contributed by atoms with E-state index in [0.29, 0.717) is 17.2 Å². The number of aryl methyl sites for hydroxylation is 1. The fourth-order valence-electron chi connectivity index (χ4n) is 4.79. The number of anilines is 1. The minimum absolute atomic E-state index is 0.153. The van der Waals surface area contributed by atoms with Crippen molar-refractivity contribution in [2.45, 2.75) is 31.5 Å². The molecule has 3 heterocycles. The molecule has 0 bridgehead atoms. The molecule has 0 saturated heterocycles. The van der Waals surface area contributed by atoms with Gasteiger partial charge < -0.3 is 10.1 Å². The number of hydrogen-bond donors (Lipinski definition) is 1. The Morgan fingerprint density at radius 2 is 2.00 bits per heavy atom. The second-order valence-corrected chi connectivity index (χ2v) is 8.53. The van der Waals surface area contributed by atoms with E-state index in [1.54, 1.807) is 6.07 Å². The molecule has 3 aromatic rings. The van der Waals surface area contributed by atoms with Crippen LogP contribution in [0.15, 0.2) is 71.8 Å². The lowest BCUT2D eigenvalue weighted by atomic mass is 9.91. The summed E-state index contributed by atoms with van der Waals surface area (Å²) in [5.74, 6) is 0.444. The number of fused-ring (bicyclic) bond motifs is 6. The summed E-state index contributed by atoms with van der Waals surface area (Å²) in [5, 5.41) is 10.5. The lowest BCUT2D eigenvalue weighted by Gasteiger charge is -2.44. The molecule has 6 rings (SSSR count). The predicted molar refractivity (Wildman–Crippen MR) is 120 cm³/mol. The second-order valence-electron chi connectivity index (χ2n) is 8.09. The highest BCUT2D eigenvalue weighted by atomic mass is 35.5. The average molecular weight is 430 g/mol. The van der Waals surface area contributed by atoms with E-state index in [-0.39, 0.29) is 11.9 Å². The van der Waals surface area contributed by atoms with Crippen LogP contribution in [0.4, 0.5) is 5.69 Å². The van der Waals surface area contributed by atoms with Crippen LogP contribution in [-0.4, -0.2) is 16.6 Å². The van der Waals surface area contributed by atoms with E-state index in [4.69, 9.17) is 21.4 Å². The van der Waals surface area contributed by atoms with Crippen LogP contribution in [0.2, 0.25) is 5.02 Å². The number of halogens is 1. The molecule has 31 heavy (non-hydrogen) atoms. The van der Waals surface area contributed by atoms with E-state index in [2.05, 4.69) is 18.3 Å². The molecule has 0 radical (unpaired) electrons. The number of carbonyl (C=O) groups excluding carboxylic acids is 1. The second kappa shape index (κ2) is 6.59. The van der Waals surface area contributed by atoms with Gasteiger partial charge in [0, 0.05) is 17.0 Å². The van der Waals surface area contributed by atoms with Crippen molar-refractivity contribution in [1.82, 2.24) is 5.01 Å². The summed E-state index contributed by atoms with van der Waals surface area (Å²) in [6.45, 7) is 2.10. The Bertz CT molecular complexity index is 1260. The highest BCUT2D eigenvalue weighted by molar-refractivity contribution is 6.30. The van der Waals surface area contributed by atoms with Crippen LogP contribution >= 0.6 is 11.6 Å². The van der Waals surface area contributed by atoms with E-state index in [0.717, 1.165) is 40.1 Å². The lowest BCUT2D eigenvalue weighted by Crippen LogP contribution is -2.55. The Morgan fingerprint density at radius 1 is 1.16 bits per heavy atom. The Hall–Kier alpha value is -3.31. The number of nitrogens with zero attached hydrogens (tertiary/aromatic N) is 2. The van der Waals surface area contributed by atoms with Gasteiger partial charge in [0.1, 0.15) is 5.75 Å². The van der Waals surface area contributed by atoms with Crippen LogP contribution in [0.5, 0.6) is 5.75 Å². The van der Waals surface area contributed by atoms with Gasteiger partial charge in [-0.25, -0.2) is 5.01 Å². The molecule has 0 aliphatic carbocycles. The van der Waals surface area contributed by atoms with E-state index >= 15 is 0 Å². The fourth-order valence-corrected chi connectivity index (χ4v) is 4.97. The van der Waals surface area contributed by atoms with Crippen molar-refractivity contribution in [3.05, 3.63) is 94.0 Å². The zero-order valence-electron chi connectivity index (χ0n) is 16.9. The normalized spacial score (nSPS) is 23.0. The number of ether oxygens (including phenoxy) is 1. The molecule has 0 saturated carbocycles. The number of hydrogen-bond acceptors (Lipinski definition) is 4. The van der Waals surface area contributed by atoms with Crippen LogP contribution in [0.3, 0.4) is 0 Å². The van der Waals surface area contributed by atoms with Gasteiger partial charge in [0.05, 0.1) is 23.0 Å². The molecule has 154 valence electrons. The van der Waals surface area contributed by atoms with Crippen LogP contribution in [0.25, 0.3) is 0 Å². The Balaban J connectivity index is 1.59. The third kappa shape index (κ3) is 2.56. The van der Waals surface area contributed by atoms with Crippen molar-refractivity contribution < 1.29 is 9.53 Å². The third-order valence-corrected chi connectivity index (χ3v) is 6.58. The van der Waals surface area contributed by atoms with Crippen molar-refractivity contribution in [2.24, 2.45) is 5.10 Å². The van der Waals surface area contributed by atoms with Gasteiger partial charge in [0.2, 0.25) is 0 Å². The minimum Gasteiger partial charge on any atom is -0.453 e. The van der Waals surface area contributed by atoms with Crippen molar-refractivity contribution >= 4 is 28.9 Å². The number of benzene rings is 3. The summed E-state index contributed by atoms with van der Waals surface area (Å²) in [4.78, 5) is 13.5. The molecule has 1 amide bonds. The largest absolute Gasteiger partial charge is 0.453 e. The molecular formula is C25H20ClN3O2. The molecule has 6 heteroatoms. The van der Waals surface area contributed by atoms with Gasteiger partial charge in [-0.15, -0.1) is 0 Å². The van der Waals surface area contributed by atoms with Gasteiger partial charge in [0.15, 0.2) is 0 Å². The zero-order chi connectivity index (χ0) is 21.2. The first-order valence-corrected chi connectivity index (χ1v) is 10.8. The maximum absolute atomic E-state index is 13.5. The van der Waals surface area contributed by atoms with E-state index in [9.17, 15) is 4.79 Å². The molecule has 5 nitrogen and oxygen atoms in total. The number of hydrazone groups is 1. The van der Waals surface area contributed by atoms with Gasteiger partial charge in [-0.05, 0) is 47.9 Å². The number of nitrogens with one attached hydrogen (secondary N) is 1. The van der Waals surface area contributed by atoms with E-state index in [1.165, 1.54) is 0 Å². The molecule has 0 fully saturated rings. The maximum Gasteiger partial charge on any atom is 0.306 e. The van der Waals surface area contributed by atoms with Crippen LogP contribution < -0.4 is 10.1 Å². The number of amides is 1. The molecule has 0 aromatic heterocycles. The first-order chi connectivity index (χ1) is 15.1. The van der Waals surface area contributed by atoms with Crippen molar-refractivity contribution in [2.75, 3.05) is 5.32 Å². The average Bonchev–Trinajstić information content (AvgIpc) is 3.36. The van der Waals surface area contributed by atoms with Gasteiger partial charge in [-0.1, -0.05) is 54.9 Å². The SMILES string of the molecule is CCc1ccc2c(c1)[C@@]1(Oc3ccc(Cl)cc3[C@H]3CC(c4ccccc4)=NN31)C(=O)N2. The Labute approximate surface area is 185 Å². The highest BCUT2D eigenvalue weighted by Crippen LogP contribution is 2.54. The smallest absolute Gasteiger partial charge is 0.306 e. The predicted octanol–water partition coefficient (Wildman–Crippen LogP) is 5.25. The molecule has 3 aliphatic rings. The standard InChI is InChI=1S/C25H20ClN3O2/c1-2-15-8-10-20-19(12-15)25(24(30)27-20)29-22(18-13-17(26)9-11-23(18)31-25)14-21(28-29)16-6-4-3-5-7-16/h3-13,22H,2,14H2,1H3,(H,27,30)/t22-,25-/m1/s1. The van der Waals surface area contributed by atoms with Gasteiger partial charge in [-0.2, -0.15) is 5.10 Å². The highest BCUT2D eigenvalue weighted by Gasteiger charge is 2.61. The molecule has 3 aliphatic heterocycles. The number of rotatable bonds is 2. The topological polar surface area (TPSA) is 53.9 Å². The van der Waals surface area contributed by atoms with Gasteiger partial charge in [-0.3, -0.25) is 4.79 Å². The van der Waals surface area contributed by atoms with Gasteiger partial charge >= 0.3 is 5.72 Å². The lowest BCUT2D eigenvalue weighted by molar-refractivity contribution is -0.161. The summed E-state index contributed by atoms with van der Waals surface area (Å²) in [5.41, 5.74) is 4.28. The molecule has 1 N–H and O–H groups in total. The van der Waals surface area contributed by atoms with Crippen molar-refractivity contribution in [3.8, 4) is 5.75 Å². The Kier molecular flexibility index (Phi) is 3.93. The van der Waals surface area contributed by atoms with Gasteiger partial charge in [0.25, 0.3) is 5.91 Å². The van der Waals surface area contributed by atoms with Crippen molar-refractivity contribution in [3.63, 3.8) is 0 Å². The minimum atomic E-state index is -1.34. The van der Waals surface area contributed by atoms with E-state index in [1.807, 2.05) is 59.6 Å². The van der Waals surface area contributed by atoms with Crippen LogP contribution in [-0.2, 0) is 16.9 Å². The molecule has 3 aromatic carbocycles. The third-order valence-electron chi connectivity index (χ3n) is 6.34. The van der Waals surface area contributed by atoms with Crippen LogP contribution in [0.1, 0.15) is 41.6 Å². The summed E-state index contributed by atoms with van der Waals surface area (Å²) >= 11 is 6.33. The quantitative estimate of drug-likeness (QED) is 0.605. The summed E-state index contributed by atoms with van der Waals surface area (Å²) in [7, 11) is 0. The van der Waals surface area contributed by atoms with E-state index < -0.39 is 5.72 Å². The number of carbonyl (C=O) groups is 1. The summed E-state index contributed by atoms with van der Waals surface area (Å²) in [6, 6.07) is 21.5. The van der Waals surface area contributed by atoms with Crippen LogP contribution in [0, 0.1) is 0 Å². The molecule has 1 spiro atoms. The monoisotopic (exact) mass is 429 g/mol.